The molecule has 2 rings (SSSR count). The van der Waals surface area contributed by atoms with E-state index in [-0.39, 0.29) is 0 Å². The summed E-state index contributed by atoms with van der Waals surface area (Å²) in [6.07, 6.45) is 3.77. The van der Waals surface area contributed by atoms with E-state index in [0.29, 0.717) is 5.92 Å². The van der Waals surface area contributed by atoms with E-state index in [0.717, 1.165) is 44.1 Å². The summed E-state index contributed by atoms with van der Waals surface area (Å²) in [6, 6.07) is 16.6. The standard InChI is InChI=1S/C20H28N4/c1-3-21-20(24-16-13-19-11-7-8-14-22-19)23-15-12-17(2)18-9-5-4-6-10-18/h4-11,14,17H,3,12-13,15-16H2,1-2H3,(H2,21,23,24). The van der Waals surface area contributed by atoms with Gasteiger partial charge in [0, 0.05) is 37.9 Å². The molecule has 1 unspecified atom stereocenters. The molecule has 1 heterocycles. The number of hydrogen-bond donors (Lipinski definition) is 2. The lowest BCUT2D eigenvalue weighted by atomic mass is 9.98. The second-order valence-corrected chi connectivity index (χ2v) is 5.86. The number of pyridine rings is 1. The summed E-state index contributed by atoms with van der Waals surface area (Å²) in [5.41, 5.74) is 2.47. The van der Waals surface area contributed by atoms with Gasteiger partial charge in [-0.3, -0.25) is 9.98 Å². The van der Waals surface area contributed by atoms with Crippen molar-refractivity contribution in [3.63, 3.8) is 0 Å². The number of nitrogens with one attached hydrogen (secondary N) is 2. The van der Waals surface area contributed by atoms with Gasteiger partial charge < -0.3 is 10.6 Å². The molecule has 0 amide bonds. The molecule has 0 aliphatic heterocycles. The van der Waals surface area contributed by atoms with E-state index in [1.54, 1.807) is 0 Å². The summed E-state index contributed by atoms with van der Waals surface area (Å²) in [5.74, 6) is 1.40. The van der Waals surface area contributed by atoms with Crippen LogP contribution < -0.4 is 10.6 Å². The molecule has 0 aliphatic rings. The van der Waals surface area contributed by atoms with Gasteiger partial charge in [-0.25, -0.2) is 0 Å². The van der Waals surface area contributed by atoms with Crippen LogP contribution in [0.4, 0.5) is 0 Å². The van der Waals surface area contributed by atoms with Crippen LogP contribution >= 0.6 is 0 Å². The Balaban J connectivity index is 1.77. The summed E-state index contributed by atoms with van der Waals surface area (Å²) < 4.78 is 0. The maximum atomic E-state index is 4.68. The van der Waals surface area contributed by atoms with Crippen molar-refractivity contribution in [2.24, 2.45) is 4.99 Å². The number of nitrogens with zero attached hydrogens (tertiary/aromatic N) is 2. The number of hydrogen-bond acceptors (Lipinski definition) is 2. The molecule has 4 nitrogen and oxygen atoms in total. The Morgan fingerprint density at radius 1 is 1.08 bits per heavy atom. The lowest BCUT2D eigenvalue weighted by Gasteiger charge is -2.13. The number of benzene rings is 1. The van der Waals surface area contributed by atoms with E-state index in [1.807, 2.05) is 24.4 Å². The highest BCUT2D eigenvalue weighted by Crippen LogP contribution is 2.17. The Hall–Kier alpha value is -2.36. The first-order valence-electron chi connectivity index (χ1n) is 8.76. The first-order chi connectivity index (χ1) is 11.8. The SMILES string of the molecule is CCNC(=NCCC(C)c1ccccc1)NCCc1ccccn1. The third-order valence-electron chi connectivity index (χ3n) is 3.94. The van der Waals surface area contributed by atoms with Gasteiger partial charge in [0.1, 0.15) is 0 Å². The smallest absolute Gasteiger partial charge is 0.191 e. The Morgan fingerprint density at radius 3 is 2.58 bits per heavy atom. The Bertz CT molecular complexity index is 596. The van der Waals surface area contributed by atoms with Crippen LogP contribution in [0.1, 0.15) is 37.4 Å². The molecule has 1 atom stereocenters. The molecule has 0 spiro atoms. The van der Waals surface area contributed by atoms with E-state index in [2.05, 4.69) is 64.8 Å². The van der Waals surface area contributed by atoms with Crippen molar-refractivity contribution >= 4 is 5.96 Å². The van der Waals surface area contributed by atoms with Gasteiger partial charge in [-0.1, -0.05) is 43.3 Å². The van der Waals surface area contributed by atoms with Crippen molar-refractivity contribution in [2.45, 2.75) is 32.6 Å². The predicted octanol–water partition coefficient (Wildman–Crippen LogP) is 3.37. The van der Waals surface area contributed by atoms with Crippen molar-refractivity contribution in [3.05, 3.63) is 66.0 Å². The summed E-state index contributed by atoms with van der Waals surface area (Å²) in [4.78, 5) is 9.02. The largest absolute Gasteiger partial charge is 0.357 e. The van der Waals surface area contributed by atoms with Crippen LogP contribution in [0.2, 0.25) is 0 Å². The zero-order valence-electron chi connectivity index (χ0n) is 14.7. The van der Waals surface area contributed by atoms with Gasteiger partial charge in [0.25, 0.3) is 0 Å². The molecule has 4 heteroatoms. The van der Waals surface area contributed by atoms with Gasteiger partial charge in [0.2, 0.25) is 0 Å². The topological polar surface area (TPSA) is 49.3 Å². The van der Waals surface area contributed by atoms with Gasteiger partial charge in [0.15, 0.2) is 5.96 Å². The molecule has 0 saturated carbocycles. The molecular formula is C20H28N4. The number of guanidine groups is 1. The fourth-order valence-electron chi connectivity index (χ4n) is 2.51. The Morgan fingerprint density at radius 2 is 1.88 bits per heavy atom. The highest BCUT2D eigenvalue weighted by molar-refractivity contribution is 5.79. The molecule has 128 valence electrons. The molecule has 0 saturated heterocycles. The zero-order valence-corrected chi connectivity index (χ0v) is 14.7. The fourth-order valence-corrected chi connectivity index (χ4v) is 2.51. The first kappa shape index (κ1) is 18.0. The maximum Gasteiger partial charge on any atom is 0.191 e. The van der Waals surface area contributed by atoms with Crippen LogP contribution in [0, 0.1) is 0 Å². The maximum absolute atomic E-state index is 4.68. The van der Waals surface area contributed by atoms with Crippen molar-refractivity contribution in [1.82, 2.24) is 15.6 Å². The van der Waals surface area contributed by atoms with Crippen LogP contribution in [0.5, 0.6) is 0 Å². The van der Waals surface area contributed by atoms with Gasteiger partial charge in [0.05, 0.1) is 0 Å². The van der Waals surface area contributed by atoms with E-state index in [4.69, 9.17) is 0 Å². The minimum atomic E-state index is 0.520. The van der Waals surface area contributed by atoms with Gasteiger partial charge in [-0.05, 0) is 37.0 Å². The van der Waals surface area contributed by atoms with E-state index in [9.17, 15) is 0 Å². The van der Waals surface area contributed by atoms with Crippen LogP contribution in [0.15, 0.2) is 59.7 Å². The highest BCUT2D eigenvalue weighted by Gasteiger charge is 2.04. The number of rotatable bonds is 8. The lowest BCUT2D eigenvalue weighted by Crippen LogP contribution is -2.38. The van der Waals surface area contributed by atoms with Gasteiger partial charge in [-0.2, -0.15) is 0 Å². The molecule has 0 fully saturated rings. The normalized spacial score (nSPS) is 12.7. The molecule has 2 aromatic rings. The Labute approximate surface area is 145 Å². The Kier molecular flexibility index (Phi) is 7.81. The summed E-state index contributed by atoms with van der Waals surface area (Å²) in [5, 5.41) is 6.68. The third kappa shape index (κ3) is 6.41. The lowest BCUT2D eigenvalue weighted by molar-refractivity contribution is 0.683. The summed E-state index contributed by atoms with van der Waals surface area (Å²) in [6.45, 7) is 6.85. The van der Waals surface area contributed by atoms with Crippen LogP contribution in [-0.2, 0) is 6.42 Å². The van der Waals surface area contributed by atoms with Crippen molar-refractivity contribution in [1.29, 1.82) is 0 Å². The quantitative estimate of drug-likeness (QED) is 0.578. The van der Waals surface area contributed by atoms with E-state index in [1.165, 1.54) is 5.56 Å². The number of aliphatic imine (C=N–C) groups is 1. The summed E-state index contributed by atoms with van der Waals surface area (Å²) >= 11 is 0. The predicted molar refractivity (Wildman–Crippen MR) is 101 cm³/mol. The molecule has 2 N–H and O–H groups in total. The molecule has 0 bridgehead atoms. The average Bonchev–Trinajstić information content (AvgIpc) is 2.63. The van der Waals surface area contributed by atoms with Gasteiger partial charge in [-0.15, -0.1) is 0 Å². The van der Waals surface area contributed by atoms with Crippen molar-refractivity contribution in [3.8, 4) is 0 Å². The van der Waals surface area contributed by atoms with Crippen LogP contribution in [0.3, 0.4) is 0 Å². The zero-order chi connectivity index (χ0) is 17.0. The second kappa shape index (κ2) is 10.4. The van der Waals surface area contributed by atoms with E-state index < -0.39 is 0 Å². The molecule has 1 aromatic carbocycles. The fraction of sp³-hybridized carbons (Fsp3) is 0.400. The highest BCUT2D eigenvalue weighted by atomic mass is 15.2. The monoisotopic (exact) mass is 324 g/mol. The van der Waals surface area contributed by atoms with E-state index >= 15 is 0 Å². The average molecular weight is 324 g/mol. The minimum Gasteiger partial charge on any atom is -0.357 e. The molecule has 0 aliphatic carbocycles. The summed E-state index contributed by atoms with van der Waals surface area (Å²) in [7, 11) is 0. The van der Waals surface area contributed by atoms with Crippen molar-refractivity contribution in [2.75, 3.05) is 19.6 Å². The van der Waals surface area contributed by atoms with Crippen LogP contribution in [-0.4, -0.2) is 30.6 Å². The minimum absolute atomic E-state index is 0.520. The molecule has 0 radical (unpaired) electrons. The number of aromatic nitrogens is 1. The molecule has 1 aromatic heterocycles. The second-order valence-electron chi connectivity index (χ2n) is 5.86. The van der Waals surface area contributed by atoms with Gasteiger partial charge >= 0.3 is 0 Å². The van der Waals surface area contributed by atoms with Crippen LogP contribution in [0.25, 0.3) is 0 Å². The third-order valence-corrected chi connectivity index (χ3v) is 3.94. The first-order valence-corrected chi connectivity index (χ1v) is 8.76. The molecule has 24 heavy (non-hydrogen) atoms. The molecular weight excluding hydrogens is 296 g/mol. The van der Waals surface area contributed by atoms with Crippen molar-refractivity contribution < 1.29 is 0 Å².